The normalized spacial score (nSPS) is 15.8. The number of oxime groups is 2. The first-order valence-corrected chi connectivity index (χ1v) is 10.6. The lowest BCUT2D eigenvalue weighted by Crippen LogP contribution is -2.27. The summed E-state index contributed by atoms with van der Waals surface area (Å²) in [6, 6.07) is 16.5. The largest absolute Gasteiger partial charge is 0.487 e. The van der Waals surface area contributed by atoms with Crippen molar-refractivity contribution < 1.29 is 28.7 Å². The standard InChI is InChI=1S/C25H23FN2O5/c1-2-11-32-27-23(24-14-22(28-33-24)16-7-9-18(26)10-8-16)15-31-19-12-17-5-3-4-6-20(17)21(13-19)25(29)30/h3-10,12-13,24H,2,11,14-15H2,1H3,(H,29,30)/b27-23+. The van der Waals surface area contributed by atoms with Crippen molar-refractivity contribution in [2.24, 2.45) is 10.3 Å². The van der Waals surface area contributed by atoms with E-state index in [1.807, 2.05) is 19.1 Å². The molecule has 4 rings (SSSR count). The zero-order chi connectivity index (χ0) is 23.2. The van der Waals surface area contributed by atoms with Gasteiger partial charge in [0.2, 0.25) is 0 Å². The summed E-state index contributed by atoms with van der Waals surface area (Å²) in [5.41, 5.74) is 2.06. The van der Waals surface area contributed by atoms with E-state index in [-0.39, 0.29) is 18.0 Å². The summed E-state index contributed by atoms with van der Waals surface area (Å²) >= 11 is 0. The highest BCUT2D eigenvalue weighted by atomic mass is 19.1. The van der Waals surface area contributed by atoms with Gasteiger partial charge < -0.3 is 19.5 Å². The van der Waals surface area contributed by atoms with E-state index >= 15 is 0 Å². The van der Waals surface area contributed by atoms with Crippen molar-refractivity contribution in [1.82, 2.24) is 0 Å². The Morgan fingerprint density at radius 3 is 2.76 bits per heavy atom. The van der Waals surface area contributed by atoms with Crippen LogP contribution in [-0.4, -0.2) is 41.8 Å². The summed E-state index contributed by atoms with van der Waals surface area (Å²) < 4.78 is 19.1. The Hall–Kier alpha value is -3.94. The first kappa shape index (κ1) is 22.3. The van der Waals surface area contributed by atoms with Gasteiger partial charge >= 0.3 is 5.97 Å². The molecule has 33 heavy (non-hydrogen) atoms. The van der Waals surface area contributed by atoms with Crippen molar-refractivity contribution in [3.8, 4) is 5.75 Å². The molecule has 0 aliphatic carbocycles. The van der Waals surface area contributed by atoms with Crippen LogP contribution in [0.4, 0.5) is 4.39 Å². The van der Waals surface area contributed by atoms with Crippen molar-refractivity contribution in [3.05, 3.63) is 77.6 Å². The summed E-state index contributed by atoms with van der Waals surface area (Å²) in [6.45, 7) is 2.43. The molecule has 1 atom stereocenters. The van der Waals surface area contributed by atoms with E-state index in [1.54, 1.807) is 30.3 Å². The number of halogens is 1. The van der Waals surface area contributed by atoms with Crippen molar-refractivity contribution in [1.29, 1.82) is 0 Å². The minimum absolute atomic E-state index is 0.0258. The molecule has 170 valence electrons. The van der Waals surface area contributed by atoms with E-state index in [0.29, 0.717) is 35.6 Å². The van der Waals surface area contributed by atoms with E-state index in [2.05, 4.69) is 10.3 Å². The molecule has 1 N–H and O–H groups in total. The van der Waals surface area contributed by atoms with Crippen LogP contribution in [-0.2, 0) is 9.68 Å². The van der Waals surface area contributed by atoms with Crippen LogP contribution in [0.3, 0.4) is 0 Å². The van der Waals surface area contributed by atoms with Crippen molar-refractivity contribution in [3.63, 3.8) is 0 Å². The van der Waals surface area contributed by atoms with Gasteiger partial charge in [0.1, 0.15) is 30.5 Å². The zero-order valence-electron chi connectivity index (χ0n) is 18.0. The highest BCUT2D eigenvalue weighted by Gasteiger charge is 2.28. The monoisotopic (exact) mass is 450 g/mol. The van der Waals surface area contributed by atoms with E-state index in [1.165, 1.54) is 18.2 Å². The number of aromatic carboxylic acids is 1. The fraction of sp³-hybridized carbons (Fsp3) is 0.240. The summed E-state index contributed by atoms with van der Waals surface area (Å²) in [5.74, 6) is -0.963. The lowest BCUT2D eigenvalue weighted by molar-refractivity contribution is 0.0698. The smallest absolute Gasteiger partial charge is 0.336 e. The molecule has 0 saturated carbocycles. The Balaban J connectivity index is 1.51. The summed E-state index contributed by atoms with van der Waals surface area (Å²) in [6.07, 6.45) is 0.690. The van der Waals surface area contributed by atoms with Crippen molar-refractivity contribution >= 4 is 28.2 Å². The molecule has 0 bridgehead atoms. The average Bonchev–Trinajstić information content (AvgIpc) is 3.31. The number of hydrogen-bond donors (Lipinski definition) is 1. The molecule has 0 radical (unpaired) electrons. The molecule has 1 aliphatic heterocycles. The lowest BCUT2D eigenvalue weighted by Gasteiger charge is -2.14. The Morgan fingerprint density at radius 2 is 2.00 bits per heavy atom. The second-order valence-corrected chi connectivity index (χ2v) is 7.54. The molecule has 3 aromatic carbocycles. The maximum atomic E-state index is 13.2. The Morgan fingerprint density at radius 1 is 1.21 bits per heavy atom. The third-order valence-electron chi connectivity index (χ3n) is 5.15. The molecule has 1 unspecified atom stereocenters. The van der Waals surface area contributed by atoms with Crippen molar-refractivity contribution in [2.45, 2.75) is 25.9 Å². The van der Waals surface area contributed by atoms with Crippen LogP contribution in [0, 0.1) is 5.82 Å². The van der Waals surface area contributed by atoms with Crippen LogP contribution in [0.15, 0.2) is 71.0 Å². The minimum atomic E-state index is -1.03. The Labute approximate surface area is 190 Å². The van der Waals surface area contributed by atoms with Gasteiger partial charge in [-0.05, 0) is 47.0 Å². The number of ether oxygens (including phenoxy) is 1. The molecule has 0 spiro atoms. The highest BCUT2D eigenvalue weighted by Crippen LogP contribution is 2.26. The number of carboxylic acid groups (broad SMARTS) is 1. The molecular weight excluding hydrogens is 427 g/mol. The quantitative estimate of drug-likeness (QED) is 0.281. The van der Waals surface area contributed by atoms with Gasteiger partial charge in [-0.1, -0.05) is 53.6 Å². The van der Waals surface area contributed by atoms with Crippen LogP contribution < -0.4 is 4.74 Å². The Kier molecular flexibility index (Phi) is 6.83. The maximum Gasteiger partial charge on any atom is 0.336 e. The van der Waals surface area contributed by atoms with Crippen LogP contribution in [0.25, 0.3) is 10.8 Å². The summed E-state index contributed by atoms with van der Waals surface area (Å²) in [4.78, 5) is 22.7. The summed E-state index contributed by atoms with van der Waals surface area (Å²) in [5, 5.41) is 19.3. The second kappa shape index (κ2) is 10.1. The van der Waals surface area contributed by atoms with Gasteiger partial charge in [0.05, 0.1) is 11.3 Å². The molecular formula is C25H23FN2O5. The van der Waals surface area contributed by atoms with Crippen LogP contribution in [0.5, 0.6) is 5.75 Å². The number of carboxylic acids is 1. The fourth-order valence-electron chi connectivity index (χ4n) is 3.47. The molecule has 7 nitrogen and oxygen atoms in total. The predicted molar refractivity (Wildman–Crippen MR) is 123 cm³/mol. The fourth-order valence-corrected chi connectivity index (χ4v) is 3.47. The third kappa shape index (κ3) is 5.28. The molecule has 0 fully saturated rings. The topological polar surface area (TPSA) is 89.7 Å². The van der Waals surface area contributed by atoms with Gasteiger partial charge in [0.15, 0.2) is 6.10 Å². The minimum Gasteiger partial charge on any atom is -0.487 e. The number of benzene rings is 3. The number of hydrogen-bond acceptors (Lipinski definition) is 6. The van der Waals surface area contributed by atoms with E-state index in [9.17, 15) is 14.3 Å². The van der Waals surface area contributed by atoms with Gasteiger partial charge in [0, 0.05) is 6.42 Å². The lowest BCUT2D eigenvalue weighted by atomic mass is 10.0. The number of rotatable bonds is 9. The highest BCUT2D eigenvalue weighted by molar-refractivity contribution is 6.06. The first-order valence-electron chi connectivity index (χ1n) is 10.6. The van der Waals surface area contributed by atoms with Gasteiger partial charge in [-0.25, -0.2) is 9.18 Å². The Bertz CT molecular complexity index is 1210. The van der Waals surface area contributed by atoms with Gasteiger partial charge in [0.25, 0.3) is 0 Å². The van der Waals surface area contributed by atoms with Crippen LogP contribution in [0.2, 0.25) is 0 Å². The third-order valence-corrected chi connectivity index (χ3v) is 5.15. The van der Waals surface area contributed by atoms with Crippen molar-refractivity contribution in [2.75, 3.05) is 13.2 Å². The van der Waals surface area contributed by atoms with Crippen LogP contribution in [0.1, 0.15) is 35.7 Å². The SMILES string of the molecule is CCCO/N=C(\COc1cc(C(=O)O)c2ccccc2c1)C1CC(c2ccc(F)cc2)=NO1. The molecule has 1 heterocycles. The maximum absolute atomic E-state index is 13.2. The average molecular weight is 450 g/mol. The van der Waals surface area contributed by atoms with Gasteiger partial charge in [-0.2, -0.15) is 0 Å². The number of fused-ring (bicyclic) bond motifs is 1. The van der Waals surface area contributed by atoms with Gasteiger partial charge in [-0.3, -0.25) is 0 Å². The second-order valence-electron chi connectivity index (χ2n) is 7.54. The summed E-state index contributed by atoms with van der Waals surface area (Å²) in [7, 11) is 0. The number of nitrogens with zero attached hydrogens (tertiary/aromatic N) is 2. The molecule has 0 saturated heterocycles. The van der Waals surface area contributed by atoms with Crippen LogP contribution >= 0.6 is 0 Å². The van der Waals surface area contributed by atoms with E-state index < -0.39 is 12.1 Å². The molecule has 1 aliphatic rings. The van der Waals surface area contributed by atoms with E-state index in [0.717, 1.165) is 17.4 Å². The molecule has 3 aromatic rings. The van der Waals surface area contributed by atoms with E-state index in [4.69, 9.17) is 14.4 Å². The zero-order valence-corrected chi connectivity index (χ0v) is 18.0. The first-order chi connectivity index (χ1) is 16.0. The molecule has 0 aromatic heterocycles. The number of carbonyl (C=O) groups is 1. The predicted octanol–water partition coefficient (Wildman–Crippen LogP) is 5.03. The molecule has 0 amide bonds. The van der Waals surface area contributed by atoms with Gasteiger partial charge in [-0.15, -0.1) is 0 Å². The molecule has 8 heteroatoms.